The van der Waals surface area contributed by atoms with Gasteiger partial charge in [-0.1, -0.05) is 25.0 Å². The fourth-order valence-electron chi connectivity index (χ4n) is 2.95. The predicted molar refractivity (Wildman–Crippen MR) is 96.0 cm³/mol. The highest BCUT2D eigenvalue weighted by Crippen LogP contribution is 2.33. The minimum atomic E-state index is 0. The van der Waals surface area contributed by atoms with Crippen LogP contribution in [0.25, 0.3) is 0 Å². The molecule has 1 amide bonds. The molecule has 0 unspecified atom stereocenters. The van der Waals surface area contributed by atoms with Crippen LogP contribution in [0, 0.1) is 0 Å². The van der Waals surface area contributed by atoms with Gasteiger partial charge in [0.2, 0.25) is 0 Å². The summed E-state index contributed by atoms with van der Waals surface area (Å²) in [6, 6.07) is 7.50. The number of carbonyl (C=O) groups excluding carboxylic acids is 1. The molecule has 126 valence electrons. The van der Waals surface area contributed by atoms with Crippen LogP contribution in [-0.2, 0) is 6.54 Å². The van der Waals surface area contributed by atoms with Gasteiger partial charge in [0.25, 0.3) is 5.91 Å². The number of likely N-dealkylation sites (N-methyl/N-ethyl adjacent to an activating group) is 1. The Kier molecular flexibility index (Phi) is 9.01. The van der Waals surface area contributed by atoms with Gasteiger partial charge in [0.1, 0.15) is 0 Å². The summed E-state index contributed by atoms with van der Waals surface area (Å²) in [4.78, 5) is 14.5. The molecule has 22 heavy (non-hydrogen) atoms. The molecule has 0 spiro atoms. The molecule has 1 saturated carbocycles. The lowest BCUT2D eigenvalue weighted by Gasteiger charge is -2.36. The van der Waals surface area contributed by atoms with Crippen molar-refractivity contribution >= 4 is 30.7 Å². The zero-order chi connectivity index (χ0) is 14.6. The van der Waals surface area contributed by atoms with Gasteiger partial charge in [0, 0.05) is 24.2 Å². The van der Waals surface area contributed by atoms with Crippen LogP contribution < -0.4 is 11.1 Å². The average Bonchev–Trinajstić information content (AvgIpc) is 2.95. The Morgan fingerprint density at radius 1 is 1.18 bits per heavy atom. The molecule has 0 aliphatic heterocycles. The van der Waals surface area contributed by atoms with Crippen LogP contribution in [0.5, 0.6) is 0 Å². The fourth-order valence-corrected chi connectivity index (χ4v) is 2.95. The zero-order valence-corrected chi connectivity index (χ0v) is 14.9. The molecule has 1 aromatic rings. The van der Waals surface area contributed by atoms with Gasteiger partial charge in [-0.3, -0.25) is 4.79 Å². The molecule has 0 atom stereocenters. The second-order valence-corrected chi connectivity index (χ2v) is 5.91. The number of hydrogen-bond acceptors (Lipinski definition) is 3. The van der Waals surface area contributed by atoms with Crippen LogP contribution in [0.3, 0.4) is 0 Å². The first-order valence-corrected chi connectivity index (χ1v) is 7.32. The SMILES string of the molecule is CN(C)C1(CNC(=O)c2ccc(CN)cc2)CCCC1.Cl.Cl. The van der Waals surface area contributed by atoms with Gasteiger partial charge in [0.05, 0.1) is 0 Å². The second kappa shape index (κ2) is 9.36. The van der Waals surface area contributed by atoms with Gasteiger partial charge in [-0.15, -0.1) is 24.8 Å². The minimum absolute atomic E-state index is 0. The Bertz CT molecular complexity index is 457. The van der Waals surface area contributed by atoms with Crippen molar-refractivity contribution in [1.82, 2.24) is 10.2 Å². The van der Waals surface area contributed by atoms with Crippen molar-refractivity contribution in [2.24, 2.45) is 5.73 Å². The summed E-state index contributed by atoms with van der Waals surface area (Å²) in [5.41, 5.74) is 7.44. The molecular weight excluding hydrogens is 321 g/mol. The molecule has 1 fully saturated rings. The van der Waals surface area contributed by atoms with Crippen LogP contribution in [0.4, 0.5) is 0 Å². The topological polar surface area (TPSA) is 58.4 Å². The molecule has 2 rings (SSSR count). The largest absolute Gasteiger partial charge is 0.350 e. The Labute approximate surface area is 145 Å². The molecule has 1 aliphatic carbocycles. The third-order valence-electron chi connectivity index (χ3n) is 4.51. The first-order chi connectivity index (χ1) is 9.57. The Balaban J connectivity index is 0.00000220. The molecule has 3 N–H and O–H groups in total. The van der Waals surface area contributed by atoms with Crippen molar-refractivity contribution in [1.29, 1.82) is 0 Å². The number of nitrogens with zero attached hydrogens (tertiary/aromatic N) is 1. The highest BCUT2D eigenvalue weighted by Gasteiger charge is 2.36. The molecule has 4 nitrogen and oxygen atoms in total. The highest BCUT2D eigenvalue weighted by atomic mass is 35.5. The van der Waals surface area contributed by atoms with E-state index in [2.05, 4.69) is 24.3 Å². The number of nitrogens with one attached hydrogen (secondary N) is 1. The monoisotopic (exact) mass is 347 g/mol. The molecular formula is C16H27Cl2N3O. The van der Waals surface area contributed by atoms with Crippen molar-refractivity contribution in [2.45, 2.75) is 37.8 Å². The summed E-state index contributed by atoms with van der Waals surface area (Å²) >= 11 is 0. The van der Waals surface area contributed by atoms with Crippen molar-refractivity contribution in [3.05, 3.63) is 35.4 Å². The predicted octanol–water partition coefficient (Wildman–Crippen LogP) is 2.59. The number of rotatable bonds is 5. The molecule has 0 aromatic heterocycles. The van der Waals surface area contributed by atoms with Gasteiger partial charge >= 0.3 is 0 Å². The Morgan fingerprint density at radius 2 is 1.73 bits per heavy atom. The van der Waals surface area contributed by atoms with Crippen molar-refractivity contribution in [3.8, 4) is 0 Å². The lowest BCUT2D eigenvalue weighted by molar-refractivity contribution is 0.0900. The van der Waals surface area contributed by atoms with E-state index in [1.54, 1.807) is 0 Å². The van der Waals surface area contributed by atoms with E-state index in [0.29, 0.717) is 12.1 Å². The zero-order valence-electron chi connectivity index (χ0n) is 13.3. The van der Waals surface area contributed by atoms with Crippen molar-refractivity contribution in [2.75, 3.05) is 20.6 Å². The standard InChI is InChI=1S/C16H25N3O.2ClH/c1-19(2)16(9-3-4-10-16)12-18-15(20)14-7-5-13(11-17)6-8-14;;/h5-8H,3-4,9-12,17H2,1-2H3,(H,18,20);2*1H. The van der Waals surface area contributed by atoms with Crippen LogP contribution in [0.2, 0.25) is 0 Å². The first-order valence-electron chi connectivity index (χ1n) is 7.32. The van der Waals surface area contributed by atoms with Crippen LogP contribution in [0.1, 0.15) is 41.6 Å². The number of amides is 1. The van der Waals surface area contributed by atoms with Crippen LogP contribution in [-0.4, -0.2) is 37.0 Å². The summed E-state index contributed by atoms with van der Waals surface area (Å²) in [5, 5.41) is 3.09. The first kappa shape index (κ1) is 21.2. The van der Waals surface area contributed by atoms with E-state index in [1.807, 2.05) is 24.3 Å². The maximum Gasteiger partial charge on any atom is 0.251 e. The summed E-state index contributed by atoms with van der Waals surface area (Å²) < 4.78 is 0. The van der Waals surface area contributed by atoms with Gasteiger partial charge < -0.3 is 16.0 Å². The fraction of sp³-hybridized carbons (Fsp3) is 0.562. The molecule has 0 saturated heterocycles. The summed E-state index contributed by atoms with van der Waals surface area (Å²) in [6.07, 6.45) is 4.82. The average molecular weight is 348 g/mol. The van der Waals surface area contributed by atoms with Crippen LogP contribution in [0.15, 0.2) is 24.3 Å². The number of benzene rings is 1. The van der Waals surface area contributed by atoms with Crippen molar-refractivity contribution < 1.29 is 4.79 Å². The summed E-state index contributed by atoms with van der Waals surface area (Å²) in [6.45, 7) is 1.23. The smallest absolute Gasteiger partial charge is 0.251 e. The van der Waals surface area contributed by atoms with E-state index in [1.165, 1.54) is 12.8 Å². The minimum Gasteiger partial charge on any atom is -0.350 e. The highest BCUT2D eigenvalue weighted by molar-refractivity contribution is 5.94. The Morgan fingerprint density at radius 3 is 2.18 bits per heavy atom. The lowest BCUT2D eigenvalue weighted by atomic mass is 9.96. The quantitative estimate of drug-likeness (QED) is 0.860. The van der Waals surface area contributed by atoms with E-state index in [9.17, 15) is 4.79 Å². The van der Waals surface area contributed by atoms with Crippen molar-refractivity contribution in [3.63, 3.8) is 0 Å². The van der Waals surface area contributed by atoms with Gasteiger partial charge in [-0.25, -0.2) is 0 Å². The van der Waals surface area contributed by atoms with E-state index >= 15 is 0 Å². The molecule has 0 radical (unpaired) electrons. The molecule has 1 aliphatic rings. The normalized spacial score (nSPS) is 15.8. The number of carbonyl (C=O) groups is 1. The van der Waals surface area contributed by atoms with Crippen LogP contribution >= 0.6 is 24.8 Å². The van der Waals surface area contributed by atoms with Gasteiger partial charge in [-0.2, -0.15) is 0 Å². The van der Waals surface area contributed by atoms with Gasteiger partial charge in [0.15, 0.2) is 0 Å². The third kappa shape index (κ3) is 4.85. The molecule has 0 bridgehead atoms. The summed E-state index contributed by atoms with van der Waals surface area (Å²) in [5.74, 6) is 0.00157. The third-order valence-corrected chi connectivity index (χ3v) is 4.51. The number of hydrogen-bond donors (Lipinski definition) is 2. The number of halogens is 2. The van der Waals surface area contributed by atoms with E-state index in [4.69, 9.17) is 5.73 Å². The maximum absolute atomic E-state index is 12.2. The van der Waals surface area contributed by atoms with E-state index in [0.717, 1.165) is 24.9 Å². The lowest BCUT2D eigenvalue weighted by Crippen LogP contribution is -2.50. The second-order valence-electron chi connectivity index (χ2n) is 5.91. The van der Waals surface area contributed by atoms with Gasteiger partial charge in [-0.05, 0) is 44.6 Å². The summed E-state index contributed by atoms with van der Waals surface area (Å²) in [7, 11) is 4.21. The Hall–Kier alpha value is -0.810. The van der Waals surface area contributed by atoms with E-state index in [-0.39, 0.29) is 36.3 Å². The molecule has 6 heteroatoms. The number of nitrogens with two attached hydrogens (primary N) is 1. The molecule has 0 heterocycles. The molecule has 1 aromatic carbocycles. The maximum atomic E-state index is 12.2. The van der Waals surface area contributed by atoms with E-state index < -0.39 is 0 Å².